The molecule has 1 unspecified atom stereocenters. The summed E-state index contributed by atoms with van der Waals surface area (Å²) in [4.78, 5) is 38.3. The van der Waals surface area contributed by atoms with Crippen molar-refractivity contribution in [2.45, 2.75) is 277 Å². The summed E-state index contributed by atoms with van der Waals surface area (Å²) in [6.45, 7) is 6.42. The standard InChI is InChI=1S/C74H118O6/c1-4-7-10-13-16-19-22-25-27-29-31-33-34-35-36-37-38-39-40-42-43-45-47-49-52-55-58-61-64-67-73(76)79-70-71(69-78-72(75)66-63-60-57-54-51-24-21-18-15-12-9-6-3)80-74(77)68-65-62-59-56-53-50-48-46-44-41-32-30-28-26-23-20-17-14-11-8-5-2/h7,10,16,18-19,21,23,25-27,30-33,35-36,38-39,42-44,46-47,49,55,58,71H,4-6,8-9,11-15,17,20,22,24,28-29,34,37,40-41,45,48,50-54,56-57,59-70H2,1-3H3/b10-7-,19-16-,21-18-,26-23-,27-25-,32-30-,33-31-,36-35-,39-38-,43-42-,46-44-,49-47-,58-55-. The quantitative estimate of drug-likeness (QED) is 0.0261. The smallest absolute Gasteiger partial charge is 0.306 e. The molecule has 0 amide bonds. The third-order valence-corrected chi connectivity index (χ3v) is 13.2. The third kappa shape index (κ3) is 63.9. The van der Waals surface area contributed by atoms with Crippen molar-refractivity contribution < 1.29 is 28.6 Å². The number of rotatable bonds is 57. The highest BCUT2D eigenvalue weighted by Gasteiger charge is 2.19. The Morgan fingerprint density at radius 1 is 0.263 bits per heavy atom. The van der Waals surface area contributed by atoms with Gasteiger partial charge in [0.1, 0.15) is 13.2 Å². The van der Waals surface area contributed by atoms with Crippen LogP contribution in [0.1, 0.15) is 271 Å². The van der Waals surface area contributed by atoms with Crippen LogP contribution < -0.4 is 0 Å². The second-order valence-corrected chi connectivity index (χ2v) is 20.9. The normalized spacial score (nSPS) is 13.2. The SMILES string of the molecule is CC/C=C\C/C=C\C/C=C\C/C=C\C/C=C\C/C=C\C/C=C\C/C=C\C/C=C\CCCC(=O)OCC(COC(=O)CCCCCCC/C=C\CCCCC)OC(=O)CCCCCCCC/C=C\C/C=C\C/C=C\CCCCCCC. The number of hydrogen-bond donors (Lipinski definition) is 0. The maximum atomic E-state index is 12.9. The molecule has 0 spiro atoms. The Morgan fingerprint density at radius 3 is 0.850 bits per heavy atom. The maximum absolute atomic E-state index is 12.9. The largest absolute Gasteiger partial charge is 0.462 e. The van der Waals surface area contributed by atoms with Crippen molar-refractivity contribution in [3.63, 3.8) is 0 Å². The summed E-state index contributed by atoms with van der Waals surface area (Å²) in [5.41, 5.74) is 0. The van der Waals surface area contributed by atoms with E-state index >= 15 is 0 Å². The van der Waals surface area contributed by atoms with Gasteiger partial charge in [0.15, 0.2) is 6.10 Å². The molecule has 1 atom stereocenters. The summed E-state index contributed by atoms with van der Waals surface area (Å²) < 4.78 is 16.8. The van der Waals surface area contributed by atoms with Crippen LogP contribution in [0.5, 0.6) is 0 Å². The van der Waals surface area contributed by atoms with Gasteiger partial charge in [-0.15, -0.1) is 0 Å². The number of carbonyl (C=O) groups is 3. The van der Waals surface area contributed by atoms with Crippen LogP contribution >= 0.6 is 0 Å². The summed E-state index contributed by atoms with van der Waals surface area (Å²) in [5, 5.41) is 0. The topological polar surface area (TPSA) is 78.9 Å². The van der Waals surface area contributed by atoms with Crippen LogP contribution in [0.15, 0.2) is 158 Å². The van der Waals surface area contributed by atoms with Gasteiger partial charge in [0.05, 0.1) is 0 Å². The van der Waals surface area contributed by atoms with Crippen LogP contribution in [-0.2, 0) is 28.6 Å². The van der Waals surface area contributed by atoms with Crippen LogP contribution in [0.25, 0.3) is 0 Å². The number of ether oxygens (including phenoxy) is 3. The van der Waals surface area contributed by atoms with Crippen molar-refractivity contribution in [1.82, 2.24) is 0 Å². The molecule has 0 bridgehead atoms. The van der Waals surface area contributed by atoms with E-state index in [0.717, 1.165) is 141 Å². The molecule has 6 heteroatoms. The zero-order valence-electron chi connectivity index (χ0n) is 51.5. The van der Waals surface area contributed by atoms with Crippen LogP contribution in [0.4, 0.5) is 0 Å². The highest BCUT2D eigenvalue weighted by Crippen LogP contribution is 2.13. The Kier molecular flexibility index (Phi) is 62.4. The Hall–Kier alpha value is -4.97. The predicted octanol–water partition coefficient (Wildman–Crippen LogP) is 22.5. The van der Waals surface area contributed by atoms with Crippen molar-refractivity contribution in [3.05, 3.63) is 158 Å². The fraction of sp³-hybridized carbons (Fsp3) is 0.608. The van der Waals surface area contributed by atoms with Crippen LogP contribution in [0.3, 0.4) is 0 Å². The van der Waals surface area contributed by atoms with E-state index in [1.165, 1.54) is 83.5 Å². The third-order valence-electron chi connectivity index (χ3n) is 13.2. The molecule has 0 saturated heterocycles. The van der Waals surface area contributed by atoms with Gasteiger partial charge in [-0.2, -0.15) is 0 Å². The zero-order valence-corrected chi connectivity index (χ0v) is 51.5. The minimum Gasteiger partial charge on any atom is -0.462 e. The van der Waals surface area contributed by atoms with Gasteiger partial charge in [-0.3, -0.25) is 14.4 Å². The number of hydrogen-bond acceptors (Lipinski definition) is 6. The molecule has 0 saturated carbocycles. The molecule has 0 aliphatic carbocycles. The molecule has 0 fully saturated rings. The molecule has 0 aromatic heterocycles. The molecule has 0 aliphatic rings. The highest BCUT2D eigenvalue weighted by atomic mass is 16.6. The van der Waals surface area contributed by atoms with Crippen molar-refractivity contribution in [2.75, 3.05) is 13.2 Å². The van der Waals surface area contributed by atoms with Gasteiger partial charge in [0, 0.05) is 19.3 Å². The summed E-state index contributed by atoms with van der Waals surface area (Å²) in [5.74, 6) is -0.999. The zero-order chi connectivity index (χ0) is 57.8. The number of unbranched alkanes of at least 4 members (excludes halogenated alkanes) is 20. The lowest BCUT2D eigenvalue weighted by Gasteiger charge is -2.18. The van der Waals surface area contributed by atoms with E-state index in [0.29, 0.717) is 19.3 Å². The maximum Gasteiger partial charge on any atom is 0.306 e. The summed E-state index contributed by atoms with van der Waals surface area (Å²) >= 11 is 0. The second kappa shape index (κ2) is 66.5. The van der Waals surface area contributed by atoms with Crippen molar-refractivity contribution in [2.24, 2.45) is 0 Å². The molecule has 0 rings (SSSR count). The minimum absolute atomic E-state index is 0.112. The van der Waals surface area contributed by atoms with Gasteiger partial charge in [0.2, 0.25) is 0 Å². The van der Waals surface area contributed by atoms with Gasteiger partial charge in [-0.25, -0.2) is 0 Å². The summed E-state index contributed by atoms with van der Waals surface area (Å²) in [7, 11) is 0. The van der Waals surface area contributed by atoms with E-state index in [-0.39, 0.29) is 37.5 Å². The van der Waals surface area contributed by atoms with Gasteiger partial charge >= 0.3 is 17.9 Å². The first-order valence-electron chi connectivity index (χ1n) is 32.5. The second-order valence-electron chi connectivity index (χ2n) is 20.9. The lowest BCUT2D eigenvalue weighted by molar-refractivity contribution is -0.167. The Bertz CT molecular complexity index is 1790. The van der Waals surface area contributed by atoms with Crippen LogP contribution in [0, 0.1) is 0 Å². The van der Waals surface area contributed by atoms with Gasteiger partial charge in [-0.05, 0) is 148 Å². The summed E-state index contributed by atoms with van der Waals surface area (Å²) in [6.07, 6.45) is 96.8. The van der Waals surface area contributed by atoms with E-state index in [2.05, 4.69) is 179 Å². The van der Waals surface area contributed by atoms with Crippen LogP contribution in [0.2, 0.25) is 0 Å². The van der Waals surface area contributed by atoms with E-state index in [9.17, 15) is 14.4 Å². The van der Waals surface area contributed by atoms with Gasteiger partial charge < -0.3 is 14.2 Å². The first kappa shape index (κ1) is 75.0. The van der Waals surface area contributed by atoms with Crippen molar-refractivity contribution in [3.8, 4) is 0 Å². The molecular formula is C74H118O6. The fourth-order valence-electron chi connectivity index (χ4n) is 8.39. The Labute approximate surface area is 492 Å². The molecule has 0 aliphatic heterocycles. The molecule has 0 aromatic carbocycles. The highest BCUT2D eigenvalue weighted by molar-refractivity contribution is 5.71. The van der Waals surface area contributed by atoms with Crippen molar-refractivity contribution in [1.29, 1.82) is 0 Å². The van der Waals surface area contributed by atoms with E-state index in [4.69, 9.17) is 14.2 Å². The molecule has 450 valence electrons. The first-order chi connectivity index (χ1) is 39.5. The Morgan fingerprint density at radius 2 is 0.500 bits per heavy atom. The van der Waals surface area contributed by atoms with Gasteiger partial charge in [0.25, 0.3) is 0 Å². The Balaban J connectivity index is 4.47. The number of allylic oxidation sites excluding steroid dienone is 26. The molecule has 0 heterocycles. The predicted molar refractivity (Wildman–Crippen MR) is 348 cm³/mol. The van der Waals surface area contributed by atoms with Crippen LogP contribution in [-0.4, -0.2) is 37.2 Å². The van der Waals surface area contributed by atoms with E-state index < -0.39 is 6.10 Å². The molecule has 80 heavy (non-hydrogen) atoms. The van der Waals surface area contributed by atoms with Gasteiger partial charge in [-0.1, -0.05) is 262 Å². The number of esters is 3. The lowest BCUT2D eigenvalue weighted by Crippen LogP contribution is -2.30. The monoisotopic (exact) mass is 1100 g/mol. The molecule has 6 nitrogen and oxygen atoms in total. The summed E-state index contributed by atoms with van der Waals surface area (Å²) in [6, 6.07) is 0. The first-order valence-corrected chi connectivity index (χ1v) is 32.5. The molecular weight excluding hydrogens is 985 g/mol. The minimum atomic E-state index is -0.820. The lowest BCUT2D eigenvalue weighted by atomic mass is 10.1. The number of carbonyl (C=O) groups excluding carboxylic acids is 3. The van der Waals surface area contributed by atoms with Crippen molar-refractivity contribution >= 4 is 17.9 Å². The van der Waals surface area contributed by atoms with E-state index in [1.807, 2.05) is 0 Å². The molecule has 0 radical (unpaired) electrons. The van der Waals surface area contributed by atoms with E-state index in [1.54, 1.807) is 0 Å². The molecule has 0 N–H and O–H groups in total. The fourth-order valence-corrected chi connectivity index (χ4v) is 8.39. The molecule has 0 aromatic rings. The average molecular weight is 1100 g/mol. The average Bonchev–Trinajstić information content (AvgIpc) is 3.46.